The normalized spacial score (nSPS) is 14.3. The number of allylic oxidation sites excluding steroid dienone is 1. The second-order valence-corrected chi connectivity index (χ2v) is 2.26. The van der Waals surface area contributed by atoms with Crippen LogP contribution >= 0.6 is 0 Å². The van der Waals surface area contributed by atoms with Crippen LogP contribution in [0, 0.1) is 0 Å². The molecule has 1 heteroatoms. The van der Waals surface area contributed by atoms with Crippen LogP contribution in [0.2, 0.25) is 0 Å². The summed E-state index contributed by atoms with van der Waals surface area (Å²) >= 11 is 0. The van der Waals surface area contributed by atoms with Gasteiger partial charge in [-0.2, -0.15) is 0 Å². The molecule has 1 rings (SSSR count). The van der Waals surface area contributed by atoms with Gasteiger partial charge in [0.15, 0.2) is 0 Å². The van der Waals surface area contributed by atoms with Gasteiger partial charge in [-0.05, 0) is 17.6 Å². The molecular formula is C13H24O. The minimum atomic E-state index is 0.699. The summed E-state index contributed by atoms with van der Waals surface area (Å²) in [4.78, 5) is 0. The van der Waals surface area contributed by atoms with Crippen molar-refractivity contribution in [1.29, 1.82) is 0 Å². The highest BCUT2D eigenvalue weighted by Crippen LogP contribution is 2.16. The third-order valence-corrected chi connectivity index (χ3v) is 1.68. The van der Waals surface area contributed by atoms with Gasteiger partial charge in [0.25, 0.3) is 0 Å². The highest BCUT2D eigenvalue weighted by Gasteiger charge is 2.06. The Hall–Kier alpha value is -0.820. The molecule has 1 aliphatic rings. The lowest BCUT2D eigenvalue weighted by atomic mass is 10.0. The predicted molar refractivity (Wildman–Crippen MR) is 65.6 cm³/mol. The van der Waals surface area contributed by atoms with Crippen LogP contribution in [-0.2, 0) is 4.74 Å². The summed E-state index contributed by atoms with van der Waals surface area (Å²) in [6.45, 7) is 16.9. The van der Waals surface area contributed by atoms with Gasteiger partial charge in [0.2, 0.25) is 0 Å². The van der Waals surface area contributed by atoms with Crippen LogP contribution in [0.5, 0.6) is 0 Å². The molecule has 0 spiro atoms. The second kappa shape index (κ2) is 12.2. The maximum atomic E-state index is 5.23. The van der Waals surface area contributed by atoms with Crippen molar-refractivity contribution in [3.63, 3.8) is 0 Å². The Kier molecular flexibility index (Phi) is 13.6. The number of rotatable bonds is 2. The molecule has 0 fully saturated rings. The van der Waals surface area contributed by atoms with E-state index in [1.807, 2.05) is 39.8 Å². The molecule has 0 aromatic carbocycles. The molecule has 82 valence electrons. The summed E-state index contributed by atoms with van der Waals surface area (Å²) in [6.07, 6.45) is 4.71. The van der Waals surface area contributed by atoms with Gasteiger partial charge in [-0.3, -0.25) is 0 Å². The van der Waals surface area contributed by atoms with Crippen LogP contribution in [0.4, 0.5) is 0 Å². The quantitative estimate of drug-likeness (QED) is 0.645. The van der Waals surface area contributed by atoms with Gasteiger partial charge in [0.05, 0.1) is 13.2 Å². The molecular weight excluding hydrogens is 172 g/mol. The lowest BCUT2D eigenvalue weighted by molar-refractivity contribution is 0.150. The van der Waals surface area contributed by atoms with Crippen molar-refractivity contribution in [3.8, 4) is 0 Å². The summed E-state index contributed by atoms with van der Waals surface area (Å²) in [6, 6.07) is 0. The van der Waals surface area contributed by atoms with E-state index in [-0.39, 0.29) is 0 Å². The molecule has 0 aromatic heterocycles. The van der Waals surface area contributed by atoms with Crippen molar-refractivity contribution >= 4 is 0 Å². The Labute approximate surface area is 89.2 Å². The molecule has 14 heavy (non-hydrogen) atoms. The van der Waals surface area contributed by atoms with E-state index in [2.05, 4.69) is 13.2 Å². The third kappa shape index (κ3) is 5.76. The molecule has 0 bridgehead atoms. The Morgan fingerprint density at radius 3 is 1.86 bits per heavy atom. The molecule has 0 saturated carbocycles. The molecule has 1 heterocycles. The summed E-state index contributed by atoms with van der Waals surface area (Å²) in [7, 11) is 0. The summed E-state index contributed by atoms with van der Waals surface area (Å²) in [5, 5.41) is 0. The molecule has 0 unspecified atom stereocenters. The Morgan fingerprint density at radius 2 is 1.50 bits per heavy atom. The van der Waals surface area contributed by atoms with Gasteiger partial charge in [0, 0.05) is 0 Å². The molecule has 1 aliphatic heterocycles. The van der Waals surface area contributed by atoms with Crippen LogP contribution in [0.15, 0.2) is 36.5 Å². The van der Waals surface area contributed by atoms with E-state index in [4.69, 9.17) is 4.74 Å². The van der Waals surface area contributed by atoms with Crippen LogP contribution in [0.3, 0.4) is 0 Å². The van der Waals surface area contributed by atoms with Crippen LogP contribution < -0.4 is 0 Å². The van der Waals surface area contributed by atoms with Gasteiger partial charge in [-0.25, -0.2) is 0 Å². The average Bonchev–Trinajstić information content (AvgIpc) is 2.34. The van der Waals surface area contributed by atoms with Gasteiger partial charge < -0.3 is 4.74 Å². The monoisotopic (exact) mass is 196 g/mol. The summed E-state index contributed by atoms with van der Waals surface area (Å²) in [5.41, 5.74) is 2.46. The first-order valence-corrected chi connectivity index (χ1v) is 5.43. The number of hydrogen-bond acceptors (Lipinski definition) is 1. The predicted octanol–water partition coefficient (Wildman–Crippen LogP) is 4.13. The largest absolute Gasteiger partial charge is 0.376 e. The molecule has 0 N–H and O–H groups in total. The van der Waals surface area contributed by atoms with Gasteiger partial charge in [0.1, 0.15) is 0 Å². The summed E-state index contributed by atoms with van der Waals surface area (Å²) in [5.74, 6) is 0. The van der Waals surface area contributed by atoms with Crippen LogP contribution in [-0.4, -0.2) is 13.2 Å². The fourth-order valence-corrected chi connectivity index (χ4v) is 1.04. The SMILES string of the molecule is C=CC1=C(C=C)COCC1.CC.CC. The zero-order valence-electron chi connectivity index (χ0n) is 10.1. The highest BCUT2D eigenvalue weighted by atomic mass is 16.5. The highest BCUT2D eigenvalue weighted by molar-refractivity contribution is 5.32. The van der Waals surface area contributed by atoms with Crippen LogP contribution in [0.25, 0.3) is 0 Å². The summed E-state index contributed by atoms with van der Waals surface area (Å²) < 4.78 is 5.23. The molecule has 0 atom stereocenters. The number of hydrogen-bond donors (Lipinski definition) is 0. The molecule has 0 aliphatic carbocycles. The Morgan fingerprint density at radius 1 is 1.00 bits per heavy atom. The fourth-order valence-electron chi connectivity index (χ4n) is 1.04. The molecule has 1 nitrogen and oxygen atoms in total. The Bertz CT molecular complexity index is 158. The van der Waals surface area contributed by atoms with Crippen molar-refractivity contribution in [1.82, 2.24) is 0 Å². The molecule has 0 saturated heterocycles. The maximum Gasteiger partial charge on any atom is 0.0719 e. The number of ether oxygens (including phenoxy) is 1. The zero-order chi connectivity index (χ0) is 11.4. The second-order valence-electron chi connectivity index (χ2n) is 2.26. The lowest BCUT2D eigenvalue weighted by Crippen LogP contribution is -2.08. The minimum Gasteiger partial charge on any atom is -0.376 e. The van der Waals surface area contributed by atoms with Gasteiger partial charge >= 0.3 is 0 Å². The first-order chi connectivity index (χ1) is 6.88. The van der Waals surface area contributed by atoms with Crippen molar-refractivity contribution < 1.29 is 4.74 Å². The van der Waals surface area contributed by atoms with E-state index in [0.717, 1.165) is 13.0 Å². The fraction of sp³-hybridized carbons (Fsp3) is 0.538. The smallest absolute Gasteiger partial charge is 0.0719 e. The third-order valence-electron chi connectivity index (χ3n) is 1.68. The molecule has 0 amide bonds. The first-order valence-electron chi connectivity index (χ1n) is 5.43. The van der Waals surface area contributed by atoms with Crippen molar-refractivity contribution in [2.75, 3.05) is 13.2 Å². The zero-order valence-corrected chi connectivity index (χ0v) is 10.1. The lowest BCUT2D eigenvalue weighted by Gasteiger charge is -2.15. The van der Waals surface area contributed by atoms with E-state index in [0.29, 0.717) is 6.61 Å². The van der Waals surface area contributed by atoms with E-state index < -0.39 is 0 Å². The van der Waals surface area contributed by atoms with E-state index in [1.165, 1.54) is 11.1 Å². The van der Waals surface area contributed by atoms with E-state index in [1.54, 1.807) is 0 Å². The maximum absolute atomic E-state index is 5.23. The topological polar surface area (TPSA) is 9.23 Å². The van der Waals surface area contributed by atoms with Gasteiger partial charge in [-0.1, -0.05) is 53.0 Å². The molecule has 0 aromatic rings. The van der Waals surface area contributed by atoms with Crippen molar-refractivity contribution in [3.05, 3.63) is 36.5 Å². The standard InChI is InChI=1S/C9H12O.2C2H6/c1-3-8-5-6-10-7-9(8)4-2;2*1-2/h3-4H,1-2,5-7H2;2*1-2H3. The van der Waals surface area contributed by atoms with E-state index >= 15 is 0 Å². The minimum absolute atomic E-state index is 0.699. The first kappa shape index (κ1) is 15.6. The average molecular weight is 196 g/mol. The van der Waals surface area contributed by atoms with E-state index in [9.17, 15) is 0 Å². The van der Waals surface area contributed by atoms with Crippen molar-refractivity contribution in [2.24, 2.45) is 0 Å². The van der Waals surface area contributed by atoms with Gasteiger partial charge in [-0.15, -0.1) is 0 Å². The Balaban J connectivity index is 0. The molecule has 0 radical (unpaired) electrons. The van der Waals surface area contributed by atoms with Crippen molar-refractivity contribution in [2.45, 2.75) is 34.1 Å². The van der Waals surface area contributed by atoms with Crippen LogP contribution in [0.1, 0.15) is 34.1 Å².